The van der Waals surface area contributed by atoms with E-state index >= 15 is 0 Å². The number of thiazole rings is 1. The van der Waals surface area contributed by atoms with Gasteiger partial charge in [-0.25, -0.2) is 0 Å². The fourth-order valence-corrected chi connectivity index (χ4v) is 3.62. The molecule has 0 unspecified atom stereocenters. The molecule has 23 heavy (non-hydrogen) atoms. The van der Waals surface area contributed by atoms with E-state index in [0.717, 1.165) is 15.6 Å². The molecule has 0 saturated carbocycles. The molecule has 0 fully saturated rings. The zero-order chi connectivity index (χ0) is 15.8. The van der Waals surface area contributed by atoms with E-state index in [1.807, 2.05) is 60.7 Å². The topological polar surface area (TPSA) is 47.3 Å². The van der Waals surface area contributed by atoms with E-state index in [4.69, 9.17) is 0 Å². The van der Waals surface area contributed by atoms with Gasteiger partial charge in [0.15, 0.2) is 5.82 Å². The van der Waals surface area contributed by atoms with Crippen molar-refractivity contribution in [3.8, 4) is 11.4 Å². The van der Waals surface area contributed by atoms with E-state index in [2.05, 4.69) is 26.0 Å². The lowest BCUT2D eigenvalue weighted by atomic mass is 10.2. The number of hydrogen-bond acceptors (Lipinski definition) is 4. The molecule has 2 heterocycles. The molecule has 4 nitrogen and oxygen atoms in total. The van der Waals surface area contributed by atoms with Crippen LogP contribution in [0, 0.1) is 0 Å². The number of halogens is 1. The monoisotopic (exact) mass is 383 g/mol. The predicted molar refractivity (Wildman–Crippen MR) is 95.5 cm³/mol. The second-order valence-electron chi connectivity index (χ2n) is 4.97. The van der Waals surface area contributed by atoms with Crippen LogP contribution in [0.2, 0.25) is 0 Å². The first kappa shape index (κ1) is 14.3. The molecule has 0 aliphatic carbocycles. The van der Waals surface area contributed by atoms with Crippen LogP contribution in [0.3, 0.4) is 0 Å². The highest BCUT2D eigenvalue weighted by Gasteiger charge is 2.11. The van der Waals surface area contributed by atoms with Crippen LogP contribution >= 0.6 is 27.3 Å². The van der Waals surface area contributed by atoms with Crippen LogP contribution in [0.5, 0.6) is 0 Å². The third kappa shape index (κ3) is 2.71. The molecule has 0 aliphatic heterocycles. The van der Waals surface area contributed by atoms with E-state index in [1.165, 1.54) is 15.9 Å². The molecule has 0 atom stereocenters. The average molecular weight is 384 g/mol. The SMILES string of the molecule is O=c1c(=Cc2cccc(Br)c2)sc2nc(-c3ccccc3)nn12. The van der Waals surface area contributed by atoms with Crippen LogP contribution in [-0.2, 0) is 0 Å². The summed E-state index contributed by atoms with van der Waals surface area (Å²) in [7, 11) is 0. The van der Waals surface area contributed by atoms with Crippen molar-refractivity contribution >= 4 is 38.3 Å². The molecule has 2 aromatic carbocycles. The first-order chi connectivity index (χ1) is 11.2. The van der Waals surface area contributed by atoms with E-state index in [9.17, 15) is 4.79 Å². The number of fused-ring (bicyclic) bond motifs is 1. The minimum atomic E-state index is -0.139. The molecule has 112 valence electrons. The van der Waals surface area contributed by atoms with Crippen LogP contribution in [0.4, 0.5) is 0 Å². The van der Waals surface area contributed by atoms with Gasteiger partial charge in [-0.3, -0.25) is 4.79 Å². The molecule has 0 N–H and O–H groups in total. The van der Waals surface area contributed by atoms with Gasteiger partial charge in [0.05, 0.1) is 4.53 Å². The van der Waals surface area contributed by atoms with Crippen molar-refractivity contribution in [2.75, 3.05) is 0 Å². The minimum absolute atomic E-state index is 0.139. The molecule has 2 aromatic heterocycles. The molecule has 0 amide bonds. The first-order valence-electron chi connectivity index (χ1n) is 6.93. The number of hydrogen-bond donors (Lipinski definition) is 0. The maximum atomic E-state index is 12.5. The van der Waals surface area contributed by atoms with Gasteiger partial charge in [-0.15, -0.1) is 5.10 Å². The van der Waals surface area contributed by atoms with Gasteiger partial charge in [-0.05, 0) is 23.8 Å². The Morgan fingerprint density at radius 3 is 2.65 bits per heavy atom. The largest absolute Gasteiger partial charge is 0.291 e. The Morgan fingerprint density at radius 2 is 1.91 bits per heavy atom. The Hall–Kier alpha value is -2.31. The van der Waals surface area contributed by atoms with Gasteiger partial charge in [0.2, 0.25) is 4.96 Å². The summed E-state index contributed by atoms with van der Waals surface area (Å²) in [6, 6.07) is 17.4. The first-order valence-corrected chi connectivity index (χ1v) is 8.54. The highest BCUT2D eigenvalue weighted by atomic mass is 79.9. The predicted octanol–water partition coefficient (Wildman–Crippen LogP) is 3.13. The van der Waals surface area contributed by atoms with Crippen LogP contribution in [0.25, 0.3) is 22.4 Å². The summed E-state index contributed by atoms with van der Waals surface area (Å²) in [6.07, 6.45) is 1.86. The van der Waals surface area contributed by atoms with E-state index in [-0.39, 0.29) is 5.56 Å². The molecule has 4 aromatic rings. The lowest BCUT2D eigenvalue weighted by molar-refractivity contribution is 0.937. The number of aromatic nitrogens is 3. The van der Waals surface area contributed by atoms with E-state index < -0.39 is 0 Å². The van der Waals surface area contributed by atoms with Crippen molar-refractivity contribution in [1.82, 2.24) is 14.6 Å². The van der Waals surface area contributed by atoms with Gasteiger partial charge in [0.25, 0.3) is 5.56 Å². The van der Waals surface area contributed by atoms with E-state index in [0.29, 0.717) is 15.3 Å². The van der Waals surface area contributed by atoms with Gasteiger partial charge in [-0.1, -0.05) is 69.7 Å². The van der Waals surface area contributed by atoms with Crippen molar-refractivity contribution < 1.29 is 0 Å². The van der Waals surface area contributed by atoms with Gasteiger partial charge in [0.1, 0.15) is 0 Å². The Labute approximate surface area is 143 Å². The third-order valence-corrected chi connectivity index (χ3v) is 4.81. The minimum Gasteiger partial charge on any atom is -0.266 e. The normalized spacial score (nSPS) is 12.1. The second kappa shape index (κ2) is 5.72. The molecular weight excluding hydrogens is 374 g/mol. The Bertz CT molecular complexity index is 1100. The summed E-state index contributed by atoms with van der Waals surface area (Å²) in [6.45, 7) is 0. The van der Waals surface area contributed by atoms with Gasteiger partial charge >= 0.3 is 0 Å². The summed E-state index contributed by atoms with van der Waals surface area (Å²) in [5.41, 5.74) is 1.73. The second-order valence-corrected chi connectivity index (χ2v) is 6.89. The summed E-state index contributed by atoms with van der Waals surface area (Å²) in [5, 5.41) is 4.34. The Morgan fingerprint density at radius 1 is 1.09 bits per heavy atom. The maximum Gasteiger partial charge on any atom is 0.291 e. The lowest BCUT2D eigenvalue weighted by Crippen LogP contribution is -2.23. The summed E-state index contributed by atoms with van der Waals surface area (Å²) in [4.78, 5) is 17.6. The number of rotatable bonds is 2. The zero-order valence-electron chi connectivity index (χ0n) is 11.8. The van der Waals surface area contributed by atoms with Crippen molar-refractivity contribution in [3.63, 3.8) is 0 Å². The van der Waals surface area contributed by atoms with E-state index in [1.54, 1.807) is 0 Å². The van der Waals surface area contributed by atoms with Crippen molar-refractivity contribution in [2.24, 2.45) is 0 Å². The number of nitrogens with zero attached hydrogens (tertiary/aromatic N) is 3. The van der Waals surface area contributed by atoms with Crippen LogP contribution in [0.15, 0.2) is 63.9 Å². The third-order valence-electron chi connectivity index (χ3n) is 3.36. The molecule has 0 bridgehead atoms. The highest BCUT2D eigenvalue weighted by Crippen LogP contribution is 2.16. The van der Waals surface area contributed by atoms with Crippen LogP contribution in [-0.4, -0.2) is 14.6 Å². The van der Waals surface area contributed by atoms with Crippen LogP contribution < -0.4 is 10.1 Å². The molecule has 0 spiro atoms. The molecule has 4 rings (SSSR count). The van der Waals surface area contributed by atoms with Crippen molar-refractivity contribution in [1.29, 1.82) is 0 Å². The summed E-state index contributed by atoms with van der Waals surface area (Å²) >= 11 is 4.78. The fraction of sp³-hybridized carbons (Fsp3) is 0. The lowest BCUT2D eigenvalue weighted by Gasteiger charge is -1.92. The summed E-state index contributed by atoms with van der Waals surface area (Å²) < 4.78 is 2.97. The molecular formula is C17H10BrN3OS. The molecule has 0 saturated heterocycles. The quantitative estimate of drug-likeness (QED) is 0.534. The molecule has 0 aliphatic rings. The molecule has 6 heteroatoms. The standard InChI is InChI=1S/C17H10BrN3OS/c18-13-8-4-5-11(9-13)10-14-16(22)21-17(23-14)19-15(20-21)12-6-2-1-3-7-12/h1-10H. The van der Waals surface area contributed by atoms with Crippen LogP contribution in [0.1, 0.15) is 5.56 Å². The van der Waals surface area contributed by atoms with Crippen molar-refractivity contribution in [2.45, 2.75) is 0 Å². The number of benzene rings is 2. The highest BCUT2D eigenvalue weighted by molar-refractivity contribution is 9.10. The van der Waals surface area contributed by atoms with Gasteiger partial charge in [0, 0.05) is 10.0 Å². The zero-order valence-corrected chi connectivity index (χ0v) is 14.2. The maximum absolute atomic E-state index is 12.5. The molecule has 0 radical (unpaired) electrons. The van der Waals surface area contributed by atoms with Gasteiger partial charge < -0.3 is 0 Å². The Balaban J connectivity index is 1.84. The van der Waals surface area contributed by atoms with Gasteiger partial charge in [-0.2, -0.15) is 9.50 Å². The Kier molecular flexibility index (Phi) is 3.55. The fourth-order valence-electron chi connectivity index (χ4n) is 2.29. The average Bonchev–Trinajstić information content (AvgIpc) is 3.09. The van der Waals surface area contributed by atoms with Crippen molar-refractivity contribution in [3.05, 3.63) is 79.5 Å². The smallest absolute Gasteiger partial charge is 0.266 e. The summed E-state index contributed by atoms with van der Waals surface area (Å²) in [5.74, 6) is 0.572.